The van der Waals surface area contributed by atoms with Crippen molar-refractivity contribution in [1.29, 1.82) is 0 Å². The van der Waals surface area contributed by atoms with Crippen molar-refractivity contribution >= 4 is 14.3 Å². The Morgan fingerprint density at radius 1 is 0.818 bits per heavy atom. The van der Waals surface area contributed by atoms with Crippen LogP contribution in [0.4, 0.5) is 0 Å². The Hall–Kier alpha value is -0.353. The lowest BCUT2D eigenvalue weighted by Crippen LogP contribution is -2.48. The minimum Gasteiger partial charge on any atom is -0.466 e. The predicted molar refractivity (Wildman–Crippen MR) is 96.6 cm³/mol. The van der Waals surface area contributed by atoms with Gasteiger partial charge in [0.2, 0.25) is 0 Å². The molecule has 4 heteroatoms. The highest BCUT2D eigenvalue weighted by Crippen LogP contribution is 2.42. The Bertz CT molecular complexity index is 305. The summed E-state index contributed by atoms with van der Waals surface area (Å²) in [6.45, 7) is 21.1. The third kappa shape index (κ3) is 6.41. The Morgan fingerprint density at radius 2 is 1.23 bits per heavy atom. The molecule has 0 rings (SSSR count). The predicted octanol–water partition coefficient (Wildman–Crippen LogP) is 5.40. The van der Waals surface area contributed by atoms with Gasteiger partial charge in [0.15, 0.2) is 8.32 Å². The summed E-state index contributed by atoms with van der Waals surface area (Å²) in [5.74, 6) is 0.686. The maximum absolute atomic E-state index is 10.9. The van der Waals surface area contributed by atoms with Gasteiger partial charge >= 0.3 is 5.97 Å². The second-order valence-electron chi connectivity index (χ2n) is 7.88. The molecule has 0 heterocycles. The van der Waals surface area contributed by atoms with Gasteiger partial charge in [0, 0.05) is 13.5 Å². The smallest absolute Gasteiger partial charge is 0.302 e. The summed E-state index contributed by atoms with van der Waals surface area (Å²) < 4.78 is 11.7. The van der Waals surface area contributed by atoms with Crippen LogP contribution in [0.2, 0.25) is 16.6 Å². The van der Waals surface area contributed by atoms with Crippen molar-refractivity contribution < 1.29 is 14.0 Å². The highest BCUT2D eigenvalue weighted by molar-refractivity contribution is 6.77. The van der Waals surface area contributed by atoms with E-state index in [9.17, 15) is 4.79 Å². The molecular weight excluding hydrogens is 292 g/mol. The molecule has 0 aliphatic rings. The van der Waals surface area contributed by atoms with Gasteiger partial charge in [-0.1, -0.05) is 55.4 Å². The van der Waals surface area contributed by atoms with E-state index >= 15 is 0 Å². The average Bonchev–Trinajstić information content (AvgIpc) is 2.35. The first-order chi connectivity index (χ1) is 10.0. The van der Waals surface area contributed by atoms with Crippen LogP contribution >= 0.6 is 0 Å². The molecule has 0 saturated heterocycles. The monoisotopic (exact) mass is 330 g/mol. The van der Waals surface area contributed by atoms with Gasteiger partial charge in [0.05, 0.1) is 6.61 Å². The van der Waals surface area contributed by atoms with Crippen molar-refractivity contribution in [1.82, 2.24) is 0 Å². The van der Waals surface area contributed by atoms with Crippen LogP contribution < -0.4 is 0 Å². The molecule has 2 atom stereocenters. The Kier molecular flexibility index (Phi) is 9.56. The number of esters is 1. The van der Waals surface area contributed by atoms with Crippen LogP contribution in [-0.4, -0.2) is 27.5 Å². The second-order valence-corrected chi connectivity index (χ2v) is 13.3. The van der Waals surface area contributed by atoms with Gasteiger partial charge in [-0.15, -0.1) is 0 Å². The first-order valence-corrected chi connectivity index (χ1v) is 10.9. The molecule has 0 aliphatic heterocycles. The summed E-state index contributed by atoms with van der Waals surface area (Å²) in [6, 6.07) is 0. The van der Waals surface area contributed by atoms with Gasteiger partial charge in [0.25, 0.3) is 0 Å². The van der Waals surface area contributed by atoms with E-state index in [0.717, 1.165) is 13.0 Å². The number of carbonyl (C=O) groups excluding carboxylic acids is 1. The molecule has 0 radical (unpaired) electrons. The summed E-state index contributed by atoms with van der Waals surface area (Å²) in [4.78, 5) is 10.9. The number of rotatable bonds is 10. The number of ether oxygens (including phenoxy) is 1. The molecule has 0 spiro atoms. The van der Waals surface area contributed by atoms with Gasteiger partial charge in [-0.05, 0) is 34.9 Å². The Morgan fingerprint density at radius 3 is 1.59 bits per heavy atom. The molecule has 0 saturated carbocycles. The van der Waals surface area contributed by atoms with E-state index < -0.39 is 8.32 Å². The molecule has 0 bridgehead atoms. The molecule has 3 nitrogen and oxygen atoms in total. The van der Waals surface area contributed by atoms with Crippen LogP contribution in [-0.2, 0) is 14.0 Å². The average molecular weight is 331 g/mol. The van der Waals surface area contributed by atoms with Gasteiger partial charge in [0.1, 0.15) is 0 Å². The SMILES string of the molecule is CC(=O)OC[C@@H](C)C[C@@H](C)CO[Si](C(C)C)(C(C)C)C(C)C. The van der Waals surface area contributed by atoms with E-state index in [2.05, 4.69) is 55.4 Å². The first kappa shape index (κ1) is 21.6. The van der Waals surface area contributed by atoms with Crippen molar-refractivity contribution in [3.05, 3.63) is 0 Å². The molecule has 0 aromatic heterocycles. The first-order valence-electron chi connectivity index (χ1n) is 8.81. The summed E-state index contributed by atoms with van der Waals surface area (Å²) in [7, 11) is -1.76. The minimum absolute atomic E-state index is 0.193. The lowest BCUT2D eigenvalue weighted by Gasteiger charge is -2.43. The maximum Gasteiger partial charge on any atom is 0.302 e. The topological polar surface area (TPSA) is 35.5 Å². The molecule has 132 valence electrons. The molecule has 0 amide bonds. The highest BCUT2D eigenvalue weighted by Gasteiger charge is 2.45. The fourth-order valence-electron chi connectivity index (χ4n) is 3.87. The molecule has 0 N–H and O–H groups in total. The van der Waals surface area contributed by atoms with Crippen molar-refractivity contribution in [3.8, 4) is 0 Å². The third-order valence-corrected chi connectivity index (χ3v) is 10.8. The lowest BCUT2D eigenvalue weighted by molar-refractivity contribution is -0.142. The Balaban J connectivity index is 4.56. The standard InChI is InChI=1S/C18H38O3Si/c1-13(2)22(14(3)4,15(5)6)21-12-17(8)10-16(7)11-20-18(9)19/h13-17H,10-12H2,1-9H3/t16-,17+/m0/s1. The van der Waals surface area contributed by atoms with Crippen LogP contribution in [0.3, 0.4) is 0 Å². The van der Waals surface area contributed by atoms with Crippen LogP contribution in [0.25, 0.3) is 0 Å². The second kappa shape index (κ2) is 9.71. The number of carbonyl (C=O) groups is 1. The summed E-state index contributed by atoms with van der Waals surface area (Å²) >= 11 is 0. The highest BCUT2D eigenvalue weighted by atomic mass is 28.4. The number of hydrogen-bond acceptors (Lipinski definition) is 3. The molecule has 0 unspecified atom stereocenters. The van der Waals surface area contributed by atoms with Crippen LogP contribution in [0, 0.1) is 11.8 Å². The van der Waals surface area contributed by atoms with Gasteiger partial charge in [-0.2, -0.15) is 0 Å². The molecule has 0 aromatic carbocycles. The van der Waals surface area contributed by atoms with Crippen LogP contribution in [0.5, 0.6) is 0 Å². The van der Waals surface area contributed by atoms with E-state index in [1.54, 1.807) is 0 Å². The molecule has 0 aromatic rings. The Labute approximate surface area is 139 Å². The van der Waals surface area contributed by atoms with Crippen molar-refractivity contribution in [2.24, 2.45) is 11.8 Å². The maximum atomic E-state index is 10.9. The van der Waals surface area contributed by atoms with Crippen molar-refractivity contribution in [2.75, 3.05) is 13.2 Å². The third-order valence-electron chi connectivity index (χ3n) is 4.70. The lowest BCUT2D eigenvalue weighted by atomic mass is 9.99. The fourth-order valence-corrected chi connectivity index (χ4v) is 9.44. The van der Waals surface area contributed by atoms with Crippen LogP contribution in [0.15, 0.2) is 0 Å². The van der Waals surface area contributed by atoms with E-state index in [4.69, 9.17) is 9.16 Å². The zero-order chi connectivity index (χ0) is 17.5. The van der Waals surface area contributed by atoms with Gasteiger partial charge in [-0.3, -0.25) is 4.79 Å². The van der Waals surface area contributed by atoms with Crippen molar-refractivity contribution in [3.63, 3.8) is 0 Å². The minimum atomic E-state index is -1.76. The van der Waals surface area contributed by atoms with Gasteiger partial charge in [-0.25, -0.2) is 0 Å². The summed E-state index contributed by atoms with van der Waals surface area (Å²) in [5.41, 5.74) is 1.87. The molecule has 22 heavy (non-hydrogen) atoms. The van der Waals surface area contributed by atoms with E-state index in [1.807, 2.05) is 0 Å². The zero-order valence-corrected chi connectivity index (χ0v) is 17.2. The summed E-state index contributed by atoms with van der Waals surface area (Å²) in [5, 5.41) is 0. The largest absolute Gasteiger partial charge is 0.466 e. The van der Waals surface area contributed by atoms with E-state index in [1.165, 1.54) is 6.92 Å². The zero-order valence-electron chi connectivity index (χ0n) is 16.2. The van der Waals surface area contributed by atoms with Crippen molar-refractivity contribution in [2.45, 2.75) is 85.4 Å². The normalized spacial score (nSPS) is 15.5. The van der Waals surface area contributed by atoms with E-state index in [0.29, 0.717) is 35.1 Å². The van der Waals surface area contributed by atoms with E-state index in [-0.39, 0.29) is 5.97 Å². The van der Waals surface area contributed by atoms with Crippen LogP contribution in [0.1, 0.15) is 68.7 Å². The fraction of sp³-hybridized carbons (Fsp3) is 0.944. The summed E-state index contributed by atoms with van der Waals surface area (Å²) in [6.07, 6.45) is 1.03. The molecular formula is C18H38O3Si. The molecule has 0 aliphatic carbocycles. The quantitative estimate of drug-likeness (QED) is 0.397. The number of hydrogen-bond donors (Lipinski definition) is 0. The molecule has 0 fully saturated rings. The van der Waals surface area contributed by atoms with Gasteiger partial charge < -0.3 is 9.16 Å².